The Morgan fingerprint density at radius 2 is 2.32 bits per heavy atom. The lowest BCUT2D eigenvalue weighted by Gasteiger charge is -2.25. The van der Waals surface area contributed by atoms with E-state index in [-0.39, 0.29) is 11.8 Å². The van der Waals surface area contributed by atoms with Gasteiger partial charge in [-0.25, -0.2) is 4.98 Å². The Morgan fingerprint density at radius 3 is 3.16 bits per heavy atom. The van der Waals surface area contributed by atoms with Gasteiger partial charge in [0.05, 0.1) is 12.5 Å². The number of aromatic amines is 1. The van der Waals surface area contributed by atoms with Gasteiger partial charge in [-0.3, -0.25) is 9.89 Å². The van der Waals surface area contributed by atoms with Crippen molar-refractivity contribution >= 4 is 11.6 Å². The number of hydrogen-bond acceptors (Lipinski definition) is 4. The van der Waals surface area contributed by atoms with Crippen LogP contribution < -0.4 is 10.6 Å². The second kappa shape index (κ2) is 5.09. The molecule has 3 N–H and O–H groups in total. The standard InChI is InChI=1S/C13H15N5O/c19-13(15-7-12-16-8-17-18-12)10-5-6-14-11-4-2-1-3-9(10)11/h1-4,8,10,14H,5-7H2,(H,15,19)(H,16,17,18). The van der Waals surface area contributed by atoms with Crippen LogP contribution in [0.4, 0.5) is 5.69 Å². The van der Waals surface area contributed by atoms with Crippen LogP contribution >= 0.6 is 0 Å². The Labute approximate surface area is 110 Å². The Morgan fingerprint density at radius 1 is 1.42 bits per heavy atom. The number of aromatic nitrogens is 3. The van der Waals surface area contributed by atoms with Crippen LogP contribution in [-0.4, -0.2) is 27.6 Å². The number of H-pyrrole nitrogens is 1. The molecule has 0 fully saturated rings. The second-order valence-electron chi connectivity index (χ2n) is 4.51. The summed E-state index contributed by atoms with van der Waals surface area (Å²) in [4.78, 5) is 16.2. The zero-order chi connectivity index (χ0) is 13.1. The average Bonchev–Trinajstić information content (AvgIpc) is 2.97. The highest BCUT2D eigenvalue weighted by Gasteiger charge is 2.25. The first-order chi connectivity index (χ1) is 9.34. The molecule has 1 aromatic carbocycles. The summed E-state index contributed by atoms with van der Waals surface area (Å²) >= 11 is 0. The van der Waals surface area contributed by atoms with Gasteiger partial charge in [0, 0.05) is 12.2 Å². The topological polar surface area (TPSA) is 82.7 Å². The van der Waals surface area contributed by atoms with Crippen LogP contribution in [0.25, 0.3) is 0 Å². The van der Waals surface area contributed by atoms with E-state index in [1.54, 1.807) is 0 Å². The lowest BCUT2D eigenvalue weighted by Crippen LogP contribution is -2.32. The van der Waals surface area contributed by atoms with Crippen molar-refractivity contribution in [3.8, 4) is 0 Å². The molecule has 1 amide bonds. The lowest BCUT2D eigenvalue weighted by molar-refractivity contribution is -0.122. The van der Waals surface area contributed by atoms with Gasteiger partial charge in [0.1, 0.15) is 12.2 Å². The summed E-state index contributed by atoms with van der Waals surface area (Å²) in [7, 11) is 0. The average molecular weight is 257 g/mol. The molecule has 2 aromatic rings. The van der Waals surface area contributed by atoms with Gasteiger partial charge in [-0.1, -0.05) is 18.2 Å². The van der Waals surface area contributed by atoms with Crippen LogP contribution in [0.2, 0.25) is 0 Å². The fourth-order valence-electron chi connectivity index (χ4n) is 2.35. The van der Waals surface area contributed by atoms with Crippen molar-refractivity contribution in [3.05, 3.63) is 42.0 Å². The highest BCUT2D eigenvalue weighted by atomic mass is 16.1. The second-order valence-corrected chi connectivity index (χ2v) is 4.51. The van der Waals surface area contributed by atoms with Crippen LogP contribution in [0.5, 0.6) is 0 Å². The number of carbonyl (C=O) groups is 1. The first-order valence-corrected chi connectivity index (χ1v) is 6.29. The van der Waals surface area contributed by atoms with Gasteiger partial charge in [-0.2, -0.15) is 5.10 Å². The number of nitrogens with one attached hydrogen (secondary N) is 3. The Balaban J connectivity index is 1.71. The molecular weight excluding hydrogens is 242 g/mol. The molecule has 1 unspecified atom stereocenters. The molecule has 1 aliphatic rings. The van der Waals surface area contributed by atoms with Crippen molar-refractivity contribution in [1.82, 2.24) is 20.5 Å². The zero-order valence-electron chi connectivity index (χ0n) is 10.4. The molecule has 0 radical (unpaired) electrons. The van der Waals surface area contributed by atoms with Gasteiger partial charge in [0.25, 0.3) is 0 Å². The molecule has 6 nitrogen and oxygen atoms in total. The molecule has 2 heterocycles. The summed E-state index contributed by atoms with van der Waals surface area (Å²) in [5, 5.41) is 12.7. The monoisotopic (exact) mass is 257 g/mol. The molecule has 0 saturated heterocycles. The predicted octanol–water partition coefficient (Wildman–Crippen LogP) is 1.02. The molecule has 3 rings (SSSR count). The highest BCUT2D eigenvalue weighted by Crippen LogP contribution is 2.31. The molecule has 98 valence electrons. The Hall–Kier alpha value is -2.37. The molecule has 0 aliphatic carbocycles. The highest BCUT2D eigenvalue weighted by molar-refractivity contribution is 5.86. The van der Waals surface area contributed by atoms with Gasteiger partial charge in [-0.15, -0.1) is 0 Å². The fraction of sp³-hybridized carbons (Fsp3) is 0.308. The number of benzene rings is 1. The summed E-state index contributed by atoms with van der Waals surface area (Å²) in [6.45, 7) is 1.20. The van der Waals surface area contributed by atoms with E-state index in [2.05, 4.69) is 25.8 Å². The maximum atomic E-state index is 12.3. The van der Waals surface area contributed by atoms with E-state index in [4.69, 9.17) is 0 Å². The predicted molar refractivity (Wildman–Crippen MR) is 70.5 cm³/mol. The third kappa shape index (κ3) is 2.42. The molecule has 19 heavy (non-hydrogen) atoms. The number of hydrogen-bond donors (Lipinski definition) is 3. The van der Waals surface area contributed by atoms with Crippen molar-refractivity contribution in [1.29, 1.82) is 0 Å². The summed E-state index contributed by atoms with van der Waals surface area (Å²) in [5.74, 6) is 0.598. The zero-order valence-corrected chi connectivity index (χ0v) is 10.4. The van der Waals surface area contributed by atoms with Gasteiger partial charge in [0.2, 0.25) is 5.91 Å². The number of fused-ring (bicyclic) bond motifs is 1. The minimum Gasteiger partial charge on any atom is -0.385 e. The van der Waals surface area contributed by atoms with Crippen molar-refractivity contribution in [2.24, 2.45) is 0 Å². The number of rotatable bonds is 3. The molecule has 1 aliphatic heterocycles. The molecule has 0 bridgehead atoms. The van der Waals surface area contributed by atoms with Crippen LogP contribution in [-0.2, 0) is 11.3 Å². The van der Waals surface area contributed by atoms with E-state index < -0.39 is 0 Å². The maximum absolute atomic E-state index is 12.3. The maximum Gasteiger partial charge on any atom is 0.228 e. The molecule has 0 spiro atoms. The number of carbonyl (C=O) groups excluding carboxylic acids is 1. The summed E-state index contributed by atoms with van der Waals surface area (Å²) in [6.07, 6.45) is 2.24. The van der Waals surface area contributed by atoms with E-state index in [1.807, 2.05) is 24.3 Å². The molecule has 1 aromatic heterocycles. The first kappa shape index (κ1) is 11.7. The van der Waals surface area contributed by atoms with Crippen molar-refractivity contribution in [2.45, 2.75) is 18.9 Å². The Bertz CT molecular complexity index is 566. The van der Waals surface area contributed by atoms with Gasteiger partial charge < -0.3 is 10.6 Å². The molecule has 6 heteroatoms. The number of nitrogens with zero attached hydrogens (tertiary/aromatic N) is 2. The molecular formula is C13H15N5O. The van der Waals surface area contributed by atoms with Crippen molar-refractivity contribution in [2.75, 3.05) is 11.9 Å². The molecule has 1 atom stereocenters. The van der Waals surface area contributed by atoms with Crippen LogP contribution in [0.1, 0.15) is 23.7 Å². The van der Waals surface area contributed by atoms with Crippen LogP contribution in [0.15, 0.2) is 30.6 Å². The third-order valence-corrected chi connectivity index (χ3v) is 3.30. The summed E-state index contributed by atoms with van der Waals surface area (Å²) in [6, 6.07) is 7.94. The van der Waals surface area contributed by atoms with Crippen molar-refractivity contribution in [3.63, 3.8) is 0 Å². The Kier molecular flexibility index (Phi) is 3.14. The fourth-order valence-corrected chi connectivity index (χ4v) is 2.35. The first-order valence-electron chi connectivity index (χ1n) is 6.29. The largest absolute Gasteiger partial charge is 0.385 e. The summed E-state index contributed by atoms with van der Waals surface area (Å²) in [5.41, 5.74) is 2.11. The van der Waals surface area contributed by atoms with E-state index in [1.165, 1.54) is 6.33 Å². The van der Waals surface area contributed by atoms with E-state index in [0.717, 1.165) is 24.2 Å². The van der Waals surface area contributed by atoms with E-state index in [9.17, 15) is 4.79 Å². The minimum absolute atomic E-state index is 0.0327. The molecule has 0 saturated carbocycles. The number of amides is 1. The third-order valence-electron chi connectivity index (χ3n) is 3.30. The minimum atomic E-state index is -0.0969. The van der Waals surface area contributed by atoms with Crippen molar-refractivity contribution < 1.29 is 4.79 Å². The van der Waals surface area contributed by atoms with Gasteiger partial charge in [0.15, 0.2) is 0 Å². The van der Waals surface area contributed by atoms with Crippen LogP contribution in [0.3, 0.4) is 0 Å². The number of para-hydroxylation sites is 1. The van der Waals surface area contributed by atoms with E-state index >= 15 is 0 Å². The smallest absolute Gasteiger partial charge is 0.228 e. The van der Waals surface area contributed by atoms with E-state index in [0.29, 0.717) is 12.4 Å². The lowest BCUT2D eigenvalue weighted by atomic mass is 9.90. The van der Waals surface area contributed by atoms with Gasteiger partial charge in [-0.05, 0) is 18.1 Å². The quantitative estimate of drug-likeness (QED) is 0.766. The number of anilines is 1. The SMILES string of the molecule is O=C(NCc1ncn[nH]1)C1CCNc2ccccc21. The van der Waals surface area contributed by atoms with Gasteiger partial charge >= 0.3 is 0 Å². The normalized spacial score (nSPS) is 17.4. The van der Waals surface area contributed by atoms with Crippen LogP contribution in [0, 0.1) is 0 Å². The summed E-state index contributed by atoms with van der Waals surface area (Å²) < 4.78 is 0.